The van der Waals surface area contributed by atoms with Gasteiger partial charge in [0.1, 0.15) is 5.41 Å². The lowest BCUT2D eigenvalue weighted by atomic mass is 9.89. The first kappa shape index (κ1) is 9.77. The van der Waals surface area contributed by atoms with Gasteiger partial charge in [-0.25, -0.2) is 0 Å². The van der Waals surface area contributed by atoms with Crippen LogP contribution in [0.3, 0.4) is 0 Å². The molecule has 0 bridgehead atoms. The van der Waals surface area contributed by atoms with Crippen molar-refractivity contribution in [1.29, 1.82) is 0 Å². The highest BCUT2D eigenvalue weighted by atomic mass is 16.4. The third-order valence-corrected chi connectivity index (χ3v) is 2.19. The van der Waals surface area contributed by atoms with E-state index in [1.54, 1.807) is 30.8 Å². The summed E-state index contributed by atoms with van der Waals surface area (Å²) in [5, 5.41) is 13.0. The van der Waals surface area contributed by atoms with Crippen LogP contribution < -0.4 is 0 Å². The molecule has 0 saturated carbocycles. The lowest BCUT2D eigenvalue weighted by molar-refractivity contribution is -0.142. The van der Waals surface area contributed by atoms with E-state index in [2.05, 4.69) is 5.10 Å². The molecule has 0 spiro atoms. The Morgan fingerprint density at radius 2 is 2.31 bits per heavy atom. The van der Waals surface area contributed by atoms with E-state index < -0.39 is 11.4 Å². The third kappa shape index (κ3) is 1.56. The molecule has 72 valence electrons. The fourth-order valence-electron chi connectivity index (χ4n) is 1.23. The van der Waals surface area contributed by atoms with Crippen molar-refractivity contribution in [2.75, 3.05) is 0 Å². The summed E-state index contributed by atoms with van der Waals surface area (Å²) in [6.07, 6.45) is 1.63. The van der Waals surface area contributed by atoms with Gasteiger partial charge in [-0.15, -0.1) is 0 Å². The zero-order valence-electron chi connectivity index (χ0n) is 8.11. The van der Waals surface area contributed by atoms with Crippen LogP contribution in [0.2, 0.25) is 0 Å². The average molecular weight is 182 g/mol. The van der Waals surface area contributed by atoms with Crippen LogP contribution in [0.5, 0.6) is 0 Å². The fourth-order valence-corrected chi connectivity index (χ4v) is 1.23. The highest BCUT2D eigenvalue weighted by Crippen LogP contribution is 2.22. The van der Waals surface area contributed by atoms with Crippen LogP contribution in [0, 0.1) is 0 Å². The molecule has 0 amide bonds. The molecule has 0 saturated heterocycles. The van der Waals surface area contributed by atoms with Gasteiger partial charge in [0.15, 0.2) is 0 Å². The Labute approximate surface area is 77.2 Å². The van der Waals surface area contributed by atoms with Gasteiger partial charge in [0.05, 0.1) is 5.69 Å². The van der Waals surface area contributed by atoms with Crippen molar-refractivity contribution in [1.82, 2.24) is 9.78 Å². The molecular weight excluding hydrogens is 168 g/mol. The zero-order valence-corrected chi connectivity index (χ0v) is 8.11. The van der Waals surface area contributed by atoms with Gasteiger partial charge in [-0.3, -0.25) is 9.48 Å². The van der Waals surface area contributed by atoms with Crippen LogP contribution in [0.25, 0.3) is 0 Å². The molecule has 0 atom stereocenters. The summed E-state index contributed by atoms with van der Waals surface area (Å²) in [5.41, 5.74) is -0.130. The summed E-state index contributed by atoms with van der Waals surface area (Å²) >= 11 is 0. The molecule has 0 aliphatic carbocycles. The van der Waals surface area contributed by atoms with Crippen molar-refractivity contribution in [2.45, 2.75) is 32.7 Å². The minimum atomic E-state index is -0.869. The van der Waals surface area contributed by atoms with Crippen molar-refractivity contribution in [3.8, 4) is 0 Å². The first-order chi connectivity index (χ1) is 6.00. The number of aryl methyl sites for hydroxylation is 1. The van der Waals surface area contributed by atoms with E-state index in [9.17, 15) is 4.79 Å². The molecule has 1 aromatic heterocycles. The second-order valence-corrected chi connectivity index (χ2v) is 3.46. The maximum absolute atomic E-state index is 10.9. The van der Waals surface area contributed by atoms with Crippen LogP contribution >= 0.6 is 0 Å². The molecule has 0 unspecified atom stereocenters. The molecule has 13 heavy (non-hydrogen) atoms. The van der Waals surface area contributed by atoms with Gasteiger partial charge in [0, 0.05) is 12.7 Å². The lowest BCUT2D eigenvalue weighted by Gasteiger charge is -2.19. The Kier molecular flexibility index (Phi) is 2.40. The van der Waals surface area contributed by atoms with Crippen molar-refractivity contribution in [3.05, 3.63) is 18.0 Å². The van der Waals surface area contributed by atoms with Crippen molar-refractivity contribution >= 4 is 5.97 Å². The summed E-state index contributed by atoms with van der Waals surface area (Å²) in [4.78, 5) is 10.9. The maximum atomic E-state index is 10.9. The molecule has 0 aromatic carbocycles. The van der Waals surface area contributed by atoms with Crippen LogP contribution in [0.1, 0.15) is 26.5 Å². The fraction of sp³-hybridized carbons (Fsp3) is 0.556. The van der Waals surface area contributed by atoms with Gasteiger partial charge in [-0.05, 0) is 26.8 Å². The average Bonchev–Trinajstić information content (AvgIpc) is 2.51. The highest BCUT2D eigenvalue weighted by Gasteiger charge is 2.32. The molecule has 4 heteroatoms. The smallest absolute Gasteiger partial charge is 0.315 e. The molecule has 0 fully saturated rings. The summed E-state index contributed by atoms with van der Waals surface area (Å²) in [6.45, 7) is 5.99. The molecule has 1 rings (SSSR count). The third-order valence-electron chi connectivity index (χ3n) is 2.19. The normalized spacial score (nSPS) is 11.6. The van der Waals surface area contributed by atoms with Crippen LogP contribution in [-0.4, -0.2) is 20.9 Å². The topological polar surface area (TPSA) is 55.1 Å². The van der Waals surface area contributed by atoms with Gasteiger partial charge in [0.2, 0.25) is 0 Å². The van der Waals surface area contributed by atoms with E-state index in [0.717, 1.165) is 5.69 Å². The van der Waals surface area contributed by atoms with E-state index >= 15 is 0 Å². The van der Waals surface area contributed by atoms with E-state index in [1.807, 2.05) is 6.92 Å². The van der Waals surface area contributed by atoms with E-state index in [0.29, 0.717) is 6.54 Å². The lowest BCUT2D eigenvalue weighted by Crippen LogP contribution is -2.31. The van der Waals surface area contributed by atoms with E-state index in [1.165, 1.54) is 0 Å². The Balaban J connectivity index is 3.13. The van der Waals surface area contributed by atoms with Crippen molar-refractivity contribution < 1.29 is 9.90 Å². The van der Waals surface area contributed by atoms with Crippen molar-refractivity contribution in [3.63, 3.8) is 0 Å². The number of aromatic nitrogens is 2. The first-order valence-electron chi connectivity index (χ1n) is 4.25. The molecule has 4 nitrogen and oxygen atoms in total. The van der Waals surface area contributed by atoms with Gasteiger partial charge in [-0.1, -0.05) is 0 Å². The Morgan fingerprint density at radius 1 is 1.69 bits per heavy atom. The van der Waals surface area contributed by atoms with Gasteiger partial charge < -0.3 is 5.11 Å². The predicted octanol–water partition coefficient (Wildman–Crippen LogP) is 1.27. The molecule has 0 radical (unpaired) electrons. The number of carbonyl (C=O) groups is 1. The molecule has 0 aliphatic heterocycles. The van der Waals surface area contributed by atoms with Gasteiger partial charge >= 0.3 is 5.97 Å². The molecule has 1 aromatic rings. The van der Waals surface area contributed by atoms with E-state index in [-0.39, 0.29) is 0 Å². The molecule has 1 N–H and O–H groups in total. The summed E-state index contributed by atoms with van der Waals surface area (Å²) in [5.74, 6) is -0.831. The second-order valence-electron chi connectivity index (χ2n) is 3.46. The number of nitrogens with zero attached hydrogens (tertiary/aromatic N) is 2. The molecule has 0 aliphatic rings. The minimum Gasteiger partial charge on any atom is -0.481 e. The van der Waals surface area contributed by atoms with Crippen LogP contribution in [0.15, 0.2) is 12.3 Å². The number of rotatable bonds is 3. The van der Waals surface area contributed by atoms with Crippen LogP contribution in [0.4, 0.5) is 0 Å². The quantitative estimate of drug-likeness (QED) is 0.765. The monoisotopic (exact) mass is 182 g/mol. The maximum Gasteiger partial charge on any atom is 0.315 e. The van der Waals surface area contributed by atoms with E-state index in [4.69, 9.17) is 5.11 Å². The number of hydrogen-bond acceptors (Lipinski definition) is 2. The SMILES string of the molecule is CCn1nccc1C(C)(C)C(=O)O. The summed E-state index contributed by atoms with van der Waals surface area (Å²) in [6, 6.07) is 1.75. The largest absolute Gasteiger partial charge is 0.481 e. The standard InChI is InChI=1S/C9H14N2O2/c1-4-11-7(5-6-10-11)9(2,3)8(12)13/h5-6H,4H2,1-3H3,(H,12,13). The van der Waals surface area contributed by atoms with Crippen LogP contribution in [-0.2, 0) is 16.8 Å². The Bertz CT molecular complexity index is 315. The molecular formula is C9H14N2O2. The van der Waals surface area contributed by atoms with Gasteiger partial charge in [-0.2, -0.15) is 5.10 Å². The number of hydrogen-bond donors (Lipinski definition) is 1. The number of carboxylic acid groups (broad SMARTS) is 1. The zero-order chi connectivity index (χ0) is 10.1. The number of aliphatic carboxylic acids is 1. The predicted molar refractivity (Wildman–Crippen MR) is 48.6 cm³/mol. The number of carboxylic acids is 1. The first-order valence-corrected chi connectivity index (χ1v) is 4.25. The van der Waals surface area contributed by atoms with Crippen molar-refractivity contribution in [2.24, 2.45) is 0 Å². The Morgan fingerprint density at radius 3 is 2.77 bits per heavy atom. The summed E-state index contributed by atoms with van der Waals surface area (Å²) < 4.78 is 1.70. The highest BCUT2D eigenvalue weighted by molar-refractivity contribution is 5.79. The van der Waals surface area contributed by atoms with Gasteiger partial charge in [0.25, 0.3) is 0 Å². The Hall–Kier alpha value is -1.32. The summed E-state index contributed by atoms with van der Waals surface area (Å²) in [7, 11) is 0. The minimum absolute atomic E-state index is 0.693. The molecule has 1 heterocycles. The second kappa shape index (κ2) is 3.20.